The Morgan fingerprint density at radius 3 is 2.28 bits per heavy atom. The topological polar surface area (TPSA) is 72.2 Å². The molecule has 1 aliphatic heterocycles. The van der Waals surface area contributed by atoms with Crippen molar-refractivity contribution < 1.29 is 8.42 Å². The van der Waals surface area contributed by atoms with Crippen LogP contribution in [0.3, 0.4) is 0 Å². The van der Waals surface area contributed by atoms with Crippen molar-refractivity contribution in [3.8, 4) is 0 Å². The number of nitrogens with one attached hydrogen (secondary N) is 1. The Hall–Kier alpha value is -0.910. The summed E-state index contributed by atoms with van der Waals surface area (Å²) in [5.41, 5.74) is 7.27. The van der Waals surface area contributed by atoms with Gasteiger partial charge < -0.3 is 11.1 Å². The molecule has 1 atom stereocenters. The highest BCUT2D eigenvalue weighted by molar-refractivity contribution is 7.90. The molecular formula is C13H20N2O2S. The molecule has 1 aliphatic rings. The van der Waals surface area contributed by atoms with Crippen LogP contribution in [0, 0.1) is 5.92 Å². The van der Waals surface area contributed by atoms with Crippen LogP contribution in [0.15, 0.2) is 29.2 Å². The maximum absolute atomic E-state index is 11.4. The summed E-state index contributed by atoms with van der Waals surface area (Å²) in [4.78, 5) is 0.351. The average molecular weight is 268 g/mol. The number of sulfone groups is 1. The quantitative estimate of drug-likeness (QED) is 0.861. The molecule has 0 saturated carbocycles. The van der Waals surface area contributed by atoms with Crippen molar-refractivity contribution in [2.45, 2.75) is 23.8 Å². The van der Waals surface area contributed by atoms with Gasteiger partial charge in [0.25, 0.3) is 0 Å². The van der Waals surface area contributed by atoms with Gasteiger partial charge in [-0.1, -0.05) is 12.1 Å². The van der Waals surface area contributed by atoms with Crippen molar-refractivity contribution in [2.24, 2.45) is 11.7 Å². The third kappa shape index (κ3) is 3.10. The van der Waals surface area contributed by atoms with E-state index < -0.39 is 9.84 Å². The standard InChI is InChI=1S/C13H20N2O2S/c1-18(16,17)12-4-2-10(3-5-12)13(14)11-6-8-15-9-7-11/h2-5,11,13,15H,6-9,14H2,1H3/t13-/m0/s1. The van der Waals surface area contributed by atoms with E-state index in [1.807, 2.05) is 12.1 Å². The second-order valence-electron chi connectivity index (χ2n) is 4.95. The molecule has 4 nitrogen and oxygen atoms in total. The highest BCUT2D eigenvalue weighted by Crippen LogP contribution is 2.27. The molecule has 0 aromatic heterocycles. The second kappa shape index (κ2) is 5.38. The predicted octanol–water partition coefficient (Wildman–Crippen LogP) is 1.09. The van der Waals surface area contributed by atoms with Gasteiger partial charge in [-0.05, 0) is 49.5 Å². The monoisotopic (exact) mass is 268 g/mol. The Morgan fingerprint density at radius 1 is 1.22 bits per heavy atom. The normalized spacial score (nSPS) is 19.7. The lowest BCUT2D eigenvalue weighted by Gasteiger charge is -2.28. The Morgan fingerprint density at radius 2 is 1.78 bits per heavy atom. The number of benzene rings is 1. The van der Waals surface area contributed by atoms with Crippen molar-refractivity contribution >= 4 is 9.84 Å². The first-order chi connectivity index (χ1) is 8.48. The first kappa shape index (κ1) is 13.5. The number of nitrogens with two attached hydrogens (primary N) is 1. The highest BCUT2D eigenvalue weighted by Gasteiger charge is 2.21. The molecule has 5 heteroatoms. The SMILES string of the molecule is CS(=O)(=O)c1ccc([C@H](N)C2CCNCC2)cc1. The zero-order valence-electron chi connectivity index (χ0n) is 10.6. The van der Waals surface area contributed by atoms with E-state index in [1.165, 1.54) is 6.26 Å². The molecule has 0 aliphatic carbocycles. The fourth-order valence-corrected chi connectivity index (χ4v) is 3.04. The number of hydrogen-bond acceptors (Lipinski definition) is 4. The van der Waals surface area contributed by atoms with Crippen LogP contribution in [0.1, 0.15) is 24.4 Å². The fraction of sp³-hybridized carbons (Fsp3) is 0.538. The van der Waals surface area contributed by atoms with Crippen LogP contribution in [0.25, 0.3) is 0 Å². The van der Waals surface area contributed by atoms with E-state index in [0.29, 0.717) is 10.8 Å². The molecule has 1 fully saturated rings. The first-order valence-corrected chi connectivity index (χ1v) is 8.14. The molecule has 0 radical (unpaired) electrons. The van der Waals surface area contributed by atoms with Gasteiger partial charge in [-0.2, -0.15) is 0 Å². The van der Waals surface area contributed by atoms with Crippen molar-refractivity contribution in [1.29, 1.82) is 0 Å². The molecule has 0 amide bonds. The smallest absolute Gasteiger partial charge is 0.175 e. The van der Waals surface area contributed by atoms with Gasteiger partial charge in [0, 0.05) is 12.3 Å². The van der Waals surface area contributed by atoms with Crippen LogP contribution in [-0.4, -0.2) is 27.8 Å². The summed E-state index contributed by atoms with van der Waals surface area (Å²) in [7, 11) is -3.12. The zero-order chi connectivity index (χ0) is 13.2. The molecule has 1 saturated heterocycles. The lowest BCUT2D eigenvalue weighted by Crippen LogP contribution is -2.33. The van der Waals surface area contributed by atoms with Crippen LogP contribution in [-0.2, 0) is 9.84 Å². The van der Waals surface area contributed by atoms with Crippen LogP contribution >= 0.6 is 0 Å². The molecule has 0 bridgehead atoms. The van der Waals surface area contributed by atoms with Gasteiger partial charge in [-0.25, -0.2) is 8.42 Å². The van der Waals surface area contributed by atoms with Gasteiger partial charge in [-0.3, -0.25) is 0 Å². The third-order valence-electron chi connectivity index (χ3n) is 3.58. The second-order valence-corrected chi connectivity index (χ2v) is 6.97. The van der Waals surface area contributed by atoms with E-state index in [1.54, 1.807) is 12.1 Å². The summed E-state index contributed by atoms with van der Waals surface area (Å²) in [6.45, 7) is 2.03. The van der Waals surface area contributed by atoms with Gasteiger partial charge in [0.2, 0.25) is 0 Å². The van der Waals surface area contributed by atoms with E-state index in [0.717, 1.165) is 31.5 Å². The molecule has 1 aromatic rings. The average Bonchev–Trinajstić information content (AvgIpc) is 2.38. The molecular weight excluding hydrogens is 248 g/mol. The van der Waals surface area contributed by atoms with E-state index in [-0.39, 0.29) is 6.04 Å². The van der Waals surface area contributed by atoms with E-state index in [2.05, 4.69) is 5.32 Å². The van der Waals surface area contributed by atoms with Gasteiger partial charge in [0.05, 0.1) is 4.90 Å². The first-order valence-electron chi connectivity index (χ1n) is 6.25. The van der Waals surface area contributed by atoms with E-state index in [9.17, 15) is 8.42 Å². The van der Waals surface area contributed by atoms with Gasteiger partial charge in [-0.15, -0.1) is 0 Å². The molecule has 1 heterocycles. The van der Waals surface area contributed by atoms with E-state index in [4.69, 9.17) is 5.73 Å². The lowest BCUT2D eigenvalue weighted by atomic mass is 9.87. The highest BCUT2D eigenvalue weighted by atomic mass is 32.2. The number of piperidine rings is 1. The summed E-state index contributed by atoms with van der Waals surface area (Å²) in [6, 6.07) is 6.96. The third-order valence-corrected chi connectivity index (χ3v) is 4.71. The van der Waals surface area contributed by atoms with Crippen LogP contribution < -0.4 is 11.1 Å². The minimum atomic E-state index is -3.12. The van der Waals surface area contributed by atoms with Crippen molar-refractivity contribution in [3.63, 3.8) is 0 Å². The van der Waals surface area contributed by atoms with E-state index >= 15 is 0 Å². The van der Waals surface area contributed by atoms with Crippen LogP contribution in [0.5, 0.6) is 0 Å². The molecule has 2 rings (SSSR count). The molecule has 0 spiro atoms. The van der Waals surface area contributed by atoms with Crippen LogP contribution in [0.4, 0.5) is 0 Å². The molecule has 1 aromatic carbocycles. The maximum atomic E-state index is 11.4. The lowest BCUT2D eigenvalue weighted by molar-refractivity contribution is 0.322. The van der Waals surface area contributed by atoms with Gasteiger partial charge >= 0.3 is 0 Å². The number of rotatable bonds is 3. The molecule has 100 valence electrons. The predicted molar refractivity (Wildman–Crippen MR) is 72.1 cm³/mol. The minimum Gasteiger partial charge on any atom is -0.324 e. The molecule has 3 N–H and O–H groups in total. The van der Waals surface area contributed by atoms with Gasteiger partial charge in [0.1, 0.15) is 0 Å². The summed E-state index contributed by atoms with van der Waals surface area (Å²) in [6.07, 6.45) is 3.37. The van der Waals surface area contributed by atoms with Gasteiger partial charge in [0.15, 0.2) is 9.84 Å². The minimum absolute atomic E-state index is 0.000658. The number of hydrogen-bond donors (Lipinski definition) is 2. The Bertz CT molecular complexity index is 490. The molecule has 18 heavy (non-hydrogen) atoms. The summed E-state index contributed by atoms with van der Waals surface area (Å²) >= 11 is 0. The Balaban J connectivity index is 2.13. The van der Waals surface area contributed by atoms with Crippen molar-refractivity contribution in [1.82, 2.24) is 5.32 Å². The summed E-state index contributed by atoms with van der Waals surface area (Å²) in [5, 5.41) is 3.32. The zero-order valence-corrected chi connectivity index (χ0v) is 11.4. The Kier molecular flexibility index (Phi) is 4.04. The Labute approximate surface area is 108 Å². The summed E-state index contributed by atoms with van der Waals surface area (Å²) in [5.74, 6) is 0.482. The van der Waals surface area contributed by atoms with Crippen molar-refractivity contribution in [3.05, 3.63) is 29.8 Å². The fourth-order valence-electron chi connectivity index (χ4n) is 2.41. The molecule has 0 unspecified atom stereocenters. The summed E-state index contributed by atoms with van der Waals surface area (Å²) < 4.78 is 22.8. The largest absolute Gasteiger partial charge is 0.324 e. The van der Waals surface area contributed by atoms with Crippen molar-refractivity contribution in [2.75, 3.05) is 19.3 Å². The van der Waals surface area contributed by atoms with Crippen LogP contribution in [0.2, 0.25) is 0 Å². The maximum Gasteiger partial charge on any atom is 0.175 e.